The Balaban J connectivity index is 0.765. The number of aliphatic imine (C=N–C) groups is 1. The average molecular weight is 867 g/mol. The number of nitrogens with zero attached hydrogens (tertiary/aromatic N) is 9. The van der Waals surface area contributed by atoms with Crippen LogP contribution in [-0.2, 0) is 36.9 Å². The van der Waals surface area contributed by atoms with Gasteiger partial charge in [0, 0.05) is 45.1 Å². The molecular formula is C41H43ClN12O6S. The minimum absolute atomic E-state index is 0.0858. The Kier molecular flexibility index (Phi) is 12.4. The van der Waals surface area contributed by atoms with Crippen LogP contribution in [0.25, 0.3) is 15.8 Å². The van der Waals surface area contributed by atoms with Crippen molar-refractivity contribution in [2.24, 2.45) is 4.99 Å². The molecule has 0 radical (unpaired) electrons. The summed E-state index contributed by atoms with van der Waals surface area (Å²) >= 11 is 7.88. The van der Waals surface area contributed by atoms with Crippen molar-refractivity contribution in [3.63, 3.8) is 0 Å². The summed E-state index contributed by atoms with van der Waals surface area (Å²) in [5, 5.41) is 32.6. The molecule has 0 aliphatic carbocycles. The predicted molar refractivity (Wildman–Crippen MR) is 227 cm³/mol. The van der Waals surface area contributed by atoms with E-state index in [4.69, 9.17) is 26.1 Å². The molecule has 61 heavy (non-hydrogen) atoms. The molecule has 0 saturated carbocycles. The molecule has 1 fully saturated rings. The number of nitrogens with one attached hydrogen (secondary N) is 3. The second-order valence-electron chi connectivity index (χ2n) is 14.6. The Hall–Kier alpha value is -6.15. The van der Waals surface area contributed by atoms with Gasteiger partial charge in [-0.05, 0) is 57.0 Å². The van der Waals surface area contributed by atoms with E-state index in [1.54, 1.807) is 40.5 Å². The predicted octanol–water partition coefficient (Wildman–Crippen LogP) is 3.93. The summed E-state index contributed by atoms with van der Waals surface area (Å²) in [7, 11) is 0. The number of piperidine rings is 1. The zero-order valence-electron chi connectivity index (χ0n) is 33.7. The fourth-order valence-electron chi connectivity index (χ4n) is 7.32. The molecule has 2 atom stereocenters. The number of benzene rings is 2. The highest BCUT2D eigenvalue weighted by molar-refractivity contribution is 7.15. The van der Waals surface area contributed by atoms with Gasteiger partial charge in [0.2, 0.25) is 11.8 Å². The van der Waals surface area contributed by atoms with Gasteiger partial charge in [-0.25, -0.2) is 9.36 Å². The van der Waals surface area contributed by atoms with Crippen molar-refractivity contribution in [3.05, 3.63) is 109 Å². The number of rotatable bonds is 16. The summed E-state index contributed by atoms with van der Waals surface area (Å²) < 4.78 is 16.3. The van der Waals surface area contributed by atoms with E-state index in [0.717, 1.165) is 37.9 Å². The molecule has 6 aromatic rings. The minimum Gasteiger partial charge on any atom is -0.379 e. The lowest BCUT2D eigenvalue weighted by Gasteiger charge is -2.22. The molecule has 4 aromatic heterocycles. The molecule has 316 valence electrons. The van der Waals surface area contributed by atoms with Crippen molar-refractivity contribution in [3.8, 4) is 5.00 Å². The highest BCUT2D eigenvalue weighted by atomic mass is 35.5. The molecule has 2 aliphatic heterocycles. The molecule has 6 heterocycles. The topological polar surface area (TPSA) is 214 Å². The standard InChI is InChI=1S/C41H43ClN12O6S/c1-23-24(2)61-41-36(23)37(26-7-9-27(42)10-8-26)46-32(38-50-48-25(3)53(38)41)19-35(56)43-13-15-59-17-18-60-16-14-52-22-28(49-51-52)20-44-31-6-4-5-29-30(31)21-45-54(40(29)58)33-11-12-34(55)47-39(33)57/h4-10,21-22,32-33,44H,11-20H2,1-3H3,(H,43,56)(H,47,55,57)/t32-,33?/m0/s1. The molecule has 0 bridgehead atoms. The van der Waals surface area contributed by atoms with Crippen LogP contribution in [0.15, 0.2) is 64.6 Å². The molecule has 0 spiro atoms. The molecule has 20 heteroatoms. The zero-order chi connectivity index (χ0) is 42.6. The van der Waals surface area contributed by atoms with E-state index in [1.807, 2.05) is 41.8 Å². The van der Waals surface area contributed by atoms with Gasteiger partial charge in [0.1, 0.15) is 28.6 Å². The maximum Gasteiger partial charge on any atom is 0.275 e. The van der Waals surface area contributed by atoms with E-state index in [0.29, 0.717) is 79.1 Å². The molecule has 1 unspecified atom stereocenters. The first kappa shape index (κ1) is 41.6. The fourth-order valence-corrected chi connectivity index (χ4v) is 8.66. The van der Waals surface area contributed by atoms with Crippen molar-refractivity contribution < 1.29 is 23.9 Å². The van der Waals surface area contributed by atoms with Crippen molar-refractivity contribution in [1.29, 1.82) is 0 Å². The maximum atomic E-state index is 13.2. The van der Waals surface area contributed by atoms with E-state index in [2.05, 4.69) is 55.4 Å². The largest absolute Gasteiger partial charge is 0.379 e. The van der Waals surface area contributed by atoms with Crippen molar-refractivity contribution in [2.45, 2.75) is 65.2 Å². The van der Waals surface area contributed by atoms with Gasteiger partial charge in [-0.2, -0.15) is 5.10 Å². The molecule has 3 N–H and O–H groups in total. The second kappa shape index (κ2) is 18.2. The third-order valence-electron chi connectivity index (χ3n) is 10.5. The summed E-state index contributed by atoms with van der Waals surface area (Å²) in [5.41, 5.74) is 4.78. The zero-order valence-corrected chi connectivity index (χ0v) is 35.3. The average Bonchev–Trinajstić information content (AvgIpc) is 3.92. The minimum atomic E-state index is -0.839. The number of anilines is 1. The maximum absolute atomic E-state index is 13.2. The molecule has 8 rings (SSSR count). The van der Waals surface area contributed by atoms with Crippen LogP contribution >= 0.6 is 22.9 Å². The molecule has 1 saturated heterocycles. The number of aryl methyl sites for hydroxylation is 2. The highest BCUT2D eigenvalue weighted by Crippen LogP contribution is 2.39. The number of fused-ring (bicyclic) bond motifs is 4. The van der Waals surface area contributed by atoms with Gasteiger partial charge in [-0.3, -0.25) is 34.1 Å². The lowest BCUT2D eigenvalue weighted by molar-refractivity contribution is -0.136. The molecular weight excluding hydrogens is 824 g/mol. The Morgan fingerprint density at radius 3 is 2.59 bits per heavy atom. The van der Waals surface area contributed by atoms with E-state index < -0.39 is 23.6 Å². The lowest BCUT2D eigenvalue weighted by Crippen LogP contribution is -2.45. The van der Waals surface area contributed by atoms with Crippen molar-refractivity contribution in [1.82, 2.24) is 50.2 Å². The number of ether oxygens (including phenoxy) is 2. The highest BCUT2D eigenvalue weighted by Gasteiger charge is 2.33. The number of halogens is 1. The first-order valence-corrected chi connectivity index (χ1v) is 21.0. The van der Waals surface area contributed by atoms with Crippen LogP contribution in [0.2, 0.25) is 5.02 Å². The van der Waals surface area contributed by atoms with Gasteiger partial charge < -0.3 is 20.1 Å². The van der Waals surface area contributed by atoms with Crippen LogP contribution < -0.4 is 21.5 Å². The van der Waals surface area contributed by atoms with Gasteiger partial charge in [0.05, 0.1) is 69.4 Å². The Morgan fingerprint density at radius 1 is 0.984 bits per heavy atom. The Bertz CT molecular complexity index is 2710. The van der Waals surface area contributed by atoms with E-state index in [-0.39, 0.29) is 31.1 Å². The normalized spacial score (nSPS) is 16.2. The number of imide groups is 1. The monoisotopic (exact) mass is 866 g/mol. The van der Waals surface area contributed by atoms with Crippen LogP contribution in [0, 0.1) is 20.8 Å². The van der Waals surface area contributed by atoms with E-state index in [1.165, 1.54) is 4.88 Å². The van der Waals surface area contributed by atoms with Gasteiger partial charge in [0.25, 0.3) is 11.5 Å². The first-order valence-electron chi connectivity index (χ1n) is 19.8. The third kappa shape index (κ3) is 9.00. The number of carbonyl (C=O) groups is 3. The Labute approximate surface area is 358 Å². The van der Waals surface area contributed by atoms with Gasteiger partial charge in [0.15, 0.2) is 5.82 Å². The van der Waals surface area contributed by atoms with Gasteiger partial charge >= 0.3 is 0 Å². The lowest BCUT2D eigenvalue weighted by atomic mass is 9.99. The van der Waals surface area contributed by atoms with E-state index >= 15 is 0 Å². The van der Waals surface area contributed by atoms with Gasteiger partial charge in [-0.15, -0.1) is 26.6 Å². The van der Waals surface area contributed by atoms with Gasteiger partial charge in [-0.1, -0.05) is 35.0 Å². The van der Waals surface area contributed by atoms with Crippen molar-refractivity contribution >= 4 is 62.8 Å². The molecule has 2 aliphatic rings. The number of amides is 3. The first-order chi connectivity index (χ1) is 29.5. The van der Waals surface area contributed by atoms with Crippen LogP contribution in [0.5, 0.6) is 0 Å². The van der Waals surface area contributed by atoms with Crippen LogP contribution in [0.1, 0.15) is 70.3 Å². The number of carbonyl (C=O) groups excluding carboxylic acids is 3. The second-order valence-corrected chi connectivity index (χ2v) is 16.3. The quantitative estimate of drug-likeness (QED) is 0.0933. The van der Waals surface area contributed by atoms with E-state index in [9.17, 15) is 19.2 Å². The number of hydrogen-bond donors (Lipinski definition) is 3. The molecule has 3 amide bonds. The summed E-state index contributed by atoms with van der Waals surface area (Å²) in [5.74, 6) is 0.278. The Morgan fingerprint density at radius 2 is 1.79 bits per heavy atom. The molecule has 18 nitrogen and oxygen atoms in total. The smallest absolute Gasteiger partial charge is 0.275 e. The summed E-state index contributed by atoms with van der Waals surface area (Å²) in [6, 6.07) is 11.4. The van der Waals surface area contributed by atoms with Crippen LogP contribution in [-0.4, -0.2) is 95.9 Å². The number of thiophene rings is 1. The molecule has 2 aromatic carbocycles. The van der Waals surface area contributed by atoms with Crippen molar-refractivity contribution in [2.75, 3.05) is 38.3 Å². The SMILES string of the molecule is Cc1sc2c(c1C)C(c1ccc(Cl)cc1)=N[C@@H](CC(=O)NCCOCCOCCn1cc(CNc3cccc4c(=O)n(C5CCC(=O)NC5=O)ncc34)nn1)c1nnc(C)n1-2. The fraction of sp³-hybridized carbons (Fsp3) is 0.366. The number of aromatic nitrogens is 8. The summed E-state index contributed by atoms with van der Waals surface area (Å²) in [6.45, 7) is 8.64. The third-order valence-corrected chi connectivity index (χ3v) is 12.0. The summed E-state index contributed by atoms with van der Waals surface area (Å²) in [6.07, 6.45) is 3.79. The van der Waals surface area contributed by atoms with Crippen LogP contribution in [0.4, 0.5) is 5.69 Å². The van der Waals surface area contributed by atoms with Crippen LogP contribution in [0.3, 0.4) is 0 Å². The summed E-state index contributed by atoms with van der Waals surface area (Å²) in [4.78, 5) is 56.7. The number of hydrogen-bond acceptors (Lipinski definition) is 14.